The van der Waals surface area contributed by atoms with Crippen LogP contribution in [0.15, 0.2) is 72.8 Å². The number of esters is 2. The minimum absolute atomic E-state index is 0.367. The van der Waals surface area contributed by atoms with Crippen LogP contribution in [-0.2, 0) is 9.47 Å². The highest BCUT2D eigenvalue weighted by molar-refractivity contribution is 5.94. The lowest BCUT2D eigenvalue weighted by Gasteiger charge is -2.15. The summed E-state index contributed by atoms with van der Waals surface area (Å²) >= 11 is 0. The Labute approximate surface area is 182 Å². The molecule has 0 heterocycles. The van der Waals surface area contributed by atoms with E-state index in [0.717, 1.165) is 28.0 Å². The van der Waals surface area contributed by atoms with Gasteiger partial charge in [0.1, 0.15) is 0 Å². The lowest BCUT2D eigenvalue weighted by atomic mass is 9.94. The lowest BCUT2D eigenvalue weighted by Crippen LogP contribution is -2.08. The fraction of sp³-hybridized carbons (Fsp3) is 0.154. The van der Waals surface area contributed by atoms with E-state index in [1.807, 2.05) is 43.3 Å². The van der Waals surface area contributed by atoms with E-state index in [4.69, 9.17) is 9.47 Å². The van der Waals surface area contributed by atoms with E-state index in [2.05, 4.69) is 30.3 Å². The first-order chi connectivity index (χ1) is 14.9. The van der Waals surface area contributed by atoms with Crippen molar-refractivity contribution in [3.8, 4) is 0 Å². The number of carbonyl (C=O) groups is 2. The van der Waals surface area contributed by atoms with E-state index in [0.29, 0.717) is 11.1 Å². The largest absolute Gasteiger partial charge is 0.465 e. The number of hydrogen-bond acceptors (Lipinski definition) is 5. The van der Waals surface area contributed by atoms with Crippen molar-refractivity contribution in [2.75, 3.05) is 33.2 Å². The fourth-order valence-corrected chi connectivity index (χ4v) is 3.18. The van der Waals surface area contributed by atoms with Crippen LogP contribution in [0.1, 0.15) is 37.4 Å². The third kappa shape index (κ3) is 5.20. The molecule has 0 fully saturated rings. The molecule has 0 saturated heterocycles. The van der Waals surface area contributed by atoms with E-state index < -0.39 is 0 Å². The minimum atomic E-state index is -0.370. The molecule has 0 atom stereocenters. The monoisotopic (exact) mass is 415 g/mol. The number of hydrogen-bond donors (Lipinski definition) is 0. The van der Waals surface area contributed by atoms with Crippen molar-refractivity contribution in [2.45, 2.75) is 0 Å². The second-order valence-electron chi connectivity index (χ2n) is 7.18. The number of rotatable bonds is 6. The van der Waals surface area contributed by atoms with Gasteiger partial charge in [-0.25, -0.2) is 9.59 Å². The quantitative estimate of drug-likeness (QED) is 0.423. The Morgan fingerprint density at radius 2 is 1.03 bits per heavy atom. The molecule has 0 spiro atoms. The van der Waals surface area contributed by atoms with Gasteiger partial charge < -0.3 is 14.4 Å². The Morgan fingerprint density at radius 3 is 1.45 bits per heavy atom. The molecule has 31 heavy (non-hydrogen) atoms. The second kappa shape index (κ2) is 9.76. The number of carbonyl (C=O) groups excluding carboxylic acids is 2. The summed E-state index contributed by atoms with van der Waals surface area (Å²) in [6.45, 7) is 0. The standard InChI is InChI=1S/C26H25NO4/c1-27(2)23-15-13-20(14-16-23)24(19-9-11-22(12-10-19)26(29)31-4)17-18-5-7-21(8-6-18)25(28)30-3/h5-17H,1-4H3/b24-17+. The summed E-state index contributed by atoms with van der Waals surface area (Å²) in [7, 11) is 6.73. The van der Waals surface area contributed by atoms with Gasteiger partial charge in [-0.05, 0) is 64.7 Å². The van der Waals surface area contributed by atoms with Crippen molar-refractivity contribution in [1.29, 1.82) is 0 Å². The summed E-state index contributed by atoms with van der Waals surface area (Å²) in [6.07, 6.45) is 2.05. The van der Waals surface area contributed by atoms with Gasteiger partial charge in [0.2, 0.25) is 0 Å². The molecule has 0 saturated carbocycles. The molecule has 0 aliphatic heterocycles. The van der Waals surface area contributed by atoms with Crippen LogP contribution in [0.5, 0.6) is 0 Å². The Bertz CT molecular complexity index is 1080. The molecule has 5 nitrogen and oxygen atoms in total. The third-order valence-corrected chi connectivity index (χ3v) is 4.95. The second-order valence-corrected chi connectivity index (χ2v) is 7.18. The zero-order valence-electron chi connectivity index (χ0n) is 18.1. The number of nitrogens with zero attached hydrogens (tertiary/aromatic N) is 1. The Hall–Kier alpha value is -3.86. The zero-order valence-corrected chi connectivity index (χ0v) is 18.1. The molecule has 0 amide bonds. The maximum atomic E-state index is 11.8. The van der Waals surface area contributed by atoms with Gasteiger partial charge in [0.25, 0.3) is 0 Å². The number of methoxy groups -OCH3 is 2. The van der Waals surface area contributed by atoms with Crippen LogP contribution in [0.25, 0.3) is 11.6 Å². The lowest BCUT2D eigenvalue weighted by molar-refractivity contribution is 0.0592. The van der Waals surface area contributed by atoms with Crippen LogP contribution >= 0.6 is 0 Å². The van der Waals surface area contributed by atoms with Crippen LogP contribution in [0, 0.1) is 0 Å². The van der Waals surface area contributed by atoms with E-state index >= 15 is 0 Å². The van der Waals surface area contributed by atoms with Crippen molar-refractivity contribution in [3.05, 3.63) is 101 Å². The van der Waals surface area contributed by atoms with Crippen LogP contribution in [0.3, 0.4) is 0 Å². The highest BCUT2D eigenvalue weighted by Crippen LogP contribution is 2.28. The van der Waals surface area contributed by atoms with E-state index in [9.17, 15) is 9.59 Å². The molecule has 0 unspecified atom stereocenters. The highest BCUT2D eigenvalue weighted by Gasteiger charge is 2.10. The van der Waals surface area contributed by atoms with E-state index in [1.165, 1.54) is 14.2 Å². The SMILES string of the molecule is COC(=O)c1ccc(/C=C(\c2ccc(C(=O)OC)cc2)c2ccc(N(C)C)cc2)cc1. The van der Waals surface area contributed by atoms with Crippen molar-refractivity contribution >= 4 is 29.3 Å². The van der Waals surface area contributed by atoms with Crippen molar-refractivity contribution in [1.82, 2.24) is 0 Å². The predicted molar refractivity (Wildman–Crippen MR) is 123 cm³/mol. The van der Waals surface area contributed by atoms with Gasteiger partial charge in [0, 0.05) is 19.8 Å². The van der Waals surface area contributed by atoms with Gasteiger partial charge in [0.15, 0.2) is 0 Å². The highest BCUT2D eigenvalue weighted by atomic mass is 16.5. The number of ether oxygens (including phenoxy) is 2. The Balaban J connectivity index is 2.04. The third-order valence-electron chi connectivity index (χ3n) is 4.95. The van der Waals surface area contributed by atoms with Gasteiger partial charge >= 0.3 is 11.9 Å². The molecule has 0 aromatic heterocycles. The summed E-state index contributed by atoms with van der Waals surface area (Å²) < 4.78 is 9.57. The predicted octanol–water partition coefficient (Wildman–Crippen LogP) is 4.91. The summed E-state index contributed by atoms with van der Waals surface area (Å²) in [6, 6.07) is 22.8. The van der Waals surface area contributed by atoms with Gasteiger partial charge in [-0.2, -0.15) is 0 Å². The molecule has 0 N–H and O–H groups in total. The average molecular weight is 415 g/mol. The van der Waals surface area contributed by atoms with Crippen LogP contribution in [0.4, 0.5) is 5.69 Å². The molecule has 0 radical (unpaired) electrons. The number of anilines is 1. The summed E-state index contributed by atoms with van der Waals surface area (Å²) in [5.74, 6) is -0.737. The maximum Gasteiger partial charge on any atom is 0.337 e. The van der Waals surface area contributed by atoms with Crippen molar-refractivity contribution < 1.29 is 19.1 Å². The maximum absolute atomic E-state index is 11.8. The minimum Gasteiger partial charge on any atom is -0.465 e. The Kier molecular flexibility index (Phi) is 6.88. The first-order valence-electron chi connectivity index (χ1n) is 9.79. The molecule has 158 valence electrons. The molecule has 0 aliphatic rings. The molecule has 0 aliphatic carbocycles. The first-order valence-corrected chi connectivity index (χ1v) is 9.79. The van der Waals surface area contributed by atoms with Gasteiger partial charge in [-0.3, -0.25) is 0 Å². The molecule has 5 heteroatoms. The Morgan fingerprint density at radius 1 is 0.645 bits per heavy atom. The summed E-state index contributed by atoms with van der Waals surface area (Å²) in [5.41, 5.74) is 6.03. The normalized spacial score (nSPS) is 11.0. The van der Waals surface area contributed by atoms with Gasteiger partial charge in [-0.15, -0.1) is 0 Å². The fourth-order valence-electron chi connectivity index (χ4n) is 3.18. The van der Waals surface area contributed by atoms with Crippen molar-refractivity contribution in [2.24, 2.45) is 0 Å². The van der Waals surface area contributed by atoms with Crippen molar-refractivity contribution in [3.63, 3.8) is 0 Å². The molecule has 0 bridgehead atoms. The zero-order chi connectivity index (χ0) is 22.4. The molecule has 3 rings (SSSR count). The van der Waals surface area contributed by atoms with E-state index in [-0.39, 0.29) is 11.9 Å². The first kappa shape index (κ1) is 21.8. The molecular weight excluding hydrogens is 390 g/mol. The summed E-state index contributed by atoms with van der Waals surface area (Å²) in [5, 5.41) is 0. The molecule has 3 aromatic carbocycles. The molecule has 3 aromatic rings. The van der Waals surface area contributed by atoms with E-state index in [1.54, 1.807) is 24.3 Å². The smallest absolute Gasteiger partial charge is 0.337 e. The average Bonchev–Trinajstić information content (AvgIpc) is 2.82. The van der Waals surface area contributed by atoms with Crippen LogP contribution < -0.4 is 4.90 Å². The van der Waals surface area contributed by atoms with Crippen LogP contribution in [0.2, 0.25) is 0 Å². The van der Waals surface area contributed by atoms with Crippen LogP contribution in [-0.4, -0.2) is 40.3 Å². The van der Waals surface area contributed by atoms with Gasteiger partial charge in [0.05, 0.1) is 25.3 Å². The summed E-state index contributed by atoms with van der Waals surface area (Å²) in [4.78, 5) is 25.5. The topological polar surface area (TPSA) is 55.8 Å². The van der Waals surface area contributed by atoms with Gasteiger partial charge in [-0.1, -0.05) is 36.4 Å². The molecular formula is C26H25NO4. The number of benzene rings is 3.